The fraction of sp³-hybridized carbons (Fsp3) is 0.320. The maximum absolute atomic E-state index is 15.1. The highest BCUT2D eigenvalue weighted by atomic mass is 35.5. The predicted octanol–water partition coefficient (Wildman–Crippen LogP) is 5.06. The number of fused-ring (bicyclic) bond motifs is 2. The van der Waals surface area contributed by atoms with E-state index in [2.05, 4.69) is 24.3 Å². The molecule has 2 amide bonds. The van der Waals surface area contributed by atoms with E-state index < -0.39 is 17.5 Å². The number of piperidine rings is 1. The number of benzene rings is 2. The van der Waals surface area contributed by atoms with Gasteiger partial charge in [-0.25, -0.2) is 13.9 Å². The van der Waals surface area contributed by atoms with Gasteiger partial charge in [0.2, 0.25) is 0 Å². The number of hydrogen-bond acceptors (Lipinski definition) is 5. The second-order valence-electron chi connectivity index (χ2n) is 9.19. The molecule has 0 aliphatic carbocycles. The van der Waals surface area contributed by atoms with Crippen LogP contribution in [0.4, 0.5) is 20.7 Å². The van der Waals surface area contributed by atoms with Crippen LogP contribution < -0.4 is 11.1 Å². The van der Waals surface area contributed by atoms with E-state index in [1.54, 1.807) is 4.68 Å². The monoisotopic (exact) mass is 497 g/mol. The van der Waals surface area contributed by atoms with Gasteiger partial charge in [0.15, 0.2) is 11.4 Å². The Morgan fingerprint density at radius 1 is 1.29 bits per heavy atom. The van der Waals surface area contributed by atoms with Gasteiger partial charge in [0.1, 0.15) is 11.4 Å². The first kappa shape index (κ1) is 23.2. The number of nitrogens with one attached hydrogen (secondary N) is 1. The first-order chi connectivity index (χ1) is 16.7. The minimum Gasteiger partial charge on any atom is -0.436 e. The molecule has 10 heteroatoms. The number of nitrogens with zero attached hydrogens (tertiary/aromatic N) is 3. The predicted molar refractivity (Wildman–Crippen MR) is 130 cm³/mol. The van der Waals surface area contributed by atoms with Gasteiger partial charge in [0.05, 0.1) is 34.7 Å². The molecular weight excluding hydrogens is 473 g/mol. The zero-order valence-corrected chi connectivity index (χ0v) is 20.1. The van der Waals surface area contributed by atoms with Gasteiger partial charge in [-0.05, 0) is 42.5 Å². The van der Waals surface area contributed by atoms with Crippen molar-refractivity contribution in [1.82, 2.24) is 14.7 Å². The third kappa shape index (κ3) is 3.80. The van der Waals surface area contributed by atoms with Crippen molar-refractivity contribution >= 4 is 35.1 Å². The molecule has 0 radical (unpaired) electrons. The molecule has 1 aromatic heterocycles. The van der Waals surface area contributed by atoms with E-state index in [4.69, 9.17) is 22.1 Å². The smallest absolute Gasteiger partial charge is 0.412 e. The van der Waals surface area contributed by atoms with Gasteiger partial charge >= 0.3 is 6.09 Å². The number of halogens is 2. The van der Waals surface area contributed by atoms with Crippen LogP contribution in [0.2, 0.25) is 5.02 Å². The maximum atomic E-state index is 15.1. The largest absolute Gasteiger partial charge is 0.436 e. The van der Waals surface area contributed by atoms with Crippen LogP contribution in [0.1, 0.15) is 54.1 Å². The van der Waals surface area contributed by atoms with E-state index in [-0.39, 0.29) is 46.0 Å². The Balaban J connectivity index is 1.50. The van der Waals surface area contributed by atoms with E-state index in [9.17, 15) is 9.59 Å². The van der Waals surface area contributed by atoms with Crippen LogP contribution in [0.15, 0.2) is 42.6 Å². The number of nitrogens with two attached hydrogens (primary N) is 1. The summed E-state index contributed by atoms with van der Waals surface area (Å²) in [5.74, 6) is -0.601. The lowest BCUT2D eigenvalue weighted by atomic mass is 9.83. The number of carbonyl (C=O) groups excluding carboxylic acids is 2. The topological polar surface area (TPSA) is 102 Å². The fourth-order valence-corrected chi connectivity index (χ4v) is 5.16. The van der Waals surface area contributed by atoms with Crippen LogP contribution >= 0.6 is 11.6 Å². The summed E-state index contributed by atoms with van der Waals surface area (Å²) in [6.45, 7) is 4.51. The number of hydrogen-bond donors (Lipinski definition) is 2. The van der Waals surface area contributed by atoms with Gasteiger partial charge in [-0.15, -0.1) is 0 Å². The fourth-order valence-electron chi connectivity index (χ4n) is 5.00. The molecule has 1 fully saturated rings. The van der Waals surface area contributed by atoms with Crippen molar-refractivity contribution in [2.75, 3.05) is 24.1 Å². The Kier molecular flexibility index (Phi) is 5.67. The zero-order valence-electron chi connectivity index (χ0n) is 19.3. The molecule has 5 rings (SSSR count). The summed E-state index contributed by atoms with van der Waals surface area (Å²) in [6, 6.07) is 10.7. The standard InChI is InChI=1S/C25H25ClFN5O3/c1-14(2)15-6-3-4-7-19(15)32-22(28)16(12-29-32)23(33)31-11-5-10-25(13-31)20-18(30-24(34)35-25)9-8-17(26)21(20)27/h3-4,6-9,12,14H,5,10-11,13,28H2,1-2H3,(H,30,34)/t25-/m0/s1. The normalized spacial score (nSPS) is 19.5. The summed E-state index contributed by atoms with van der Waals surface area (Å²) < 4.78 is 22.4. The average Bonchev–Trinajstić information content (AvgIpc) is 3.21. The summed E-state index contributed by atoms with van der Waals surface area (Å²) in [7, 11) is 0. The molecule has 3 heterocycles. The Hall–Kier alpha value is -3.59. The summed E-state index contributed by atoms with van der Waals surface area (Å²) in [5.41, 5.74) is 7.56. The summed E-state index contributed by atoms with van der Waals surface area (Å²) >= 11 is 6.04. The highest BCUT2D eigenvalue weighted by Crippen LogP contribution is 2.45. The van der Waals surface area contributed by atoms with Crippen molar-refractivity contribution in [3.05, 3.63) is 70.1 Å². The number of likely N-dealkylation sites (tertiary alicyclic amines) is 1. The van der Waals surface area contributed by atoms with Crippen LogP contribution in [0.3, 0.4) is 0 Å². The number of amides is 2. The van der Waals surface area contributed by atoms with Gasteiger partial charge in [0.25, 0.3) is 5.91 Å². The molecule has 0 saturated carbocycles. The quantitative estimate of drug-likeness (QED) is 0.526. The average molecular weight is 498 g/mol. The van der Waals surface area contributed by atoms with Crippen LogP contribution in [-0.2, 0) is 10.3 Å². The molecule has 35 heavy (non-hydrogen) atoms. The number of nitrogen functional groups attached to an aromatic ring is 1. The van der Waals surface area contributed by atoms with E-state index in [1.807, 2.05) is 24.3 Å². The van der Waals surface area contributed by atoms with E-state index in [0.29, 0.717) is 19.4 Å². The van der Waals surface area contributed by atoms with Gasteiger partial charge in [0, 0.05) is 6.54 Å². The summed E-state index contributed by atoms with van der Waals surface area (Å²) in [6.07, 6.45) is 1.58. The second-order valence-corrected chi connectivity index (χ2v) is 9.60. The van der Waals surface area contributed by atoms with Gasteiger partial charge < -0.3 is 15.4 Å². The van der Waals surface area contributed by atoms with Gasteiger partial charge in [-0.1, -0.05) is 43.6 Å². The summed E-state index contributed by atoms with van der Waals surface area (Å²) in [4.78, 5) is 27.4. The van der Waals surface area contributed by atoms with Crippen LogP contribution in [0.25, 0.3) is 5.69 Å². The second kappa shape index (κ2) is 8.57. The SMILES string of the molecule is CC(C)c1ccccc1-n1ncc(C(=O)N2CCC[C@@]3(C2)OC(=O)Nc2ccc(Cl)c(F)c23)c1N. The molecular formula is C25H25ClFN5O3. The molecule has 182 valence electrons. The highest BCUT2D eigenvalue weighted by molar-refractivity contribution is 6.31. The third-order valence-electron chi connectivity index (χ3n) is 6.64. The number of para-hydroxylation sites is 1. The molecule has 3 N–H and O–H groups in total. The minimum atomic E-state index is -1.35. The van der Waals surface area contributed by atoms with E-state index >= 15 is 4.39 Å². The molecule has 8 nitrogen and oxygen atoms in total. The molecule has 3 aromatic rings. The molecule has 0 unspecified atom stereocenters. The molecule has 1 atom stereocenters. The highest BCUT2D eigenvalue weighted by Gasteiger charge is 2.48. The van der Waals surface area contributed by atoms with Gasteiger partial charge in [-0.2, -0.15) is 5.10 Å². The zero-order chi connectivity index (χ0) is 24.9. The lowest BCUT2D eigenvalue weighted by Gasteiger charge is -2.45. The van der Waals surface area contributed by atoms with Crippen molar-refractivity contribution in [2.24, 2.45) is 0 Å². The number of rotatable bonds is 3. The Labute approximate surface area is 206 Å². The van der Waals surface area contributed by atoms with Gasteiger partial charge in [-0.3, -0.25) is 10.1 Å². The molecule has 0 bridgehead atoms. The van der Waals surface area contributed by atoms with Crippen molar-refractivity contribution in [1.29, 1.82) is 0 Å². The molecule has 1 spiro atoms. The van der Waals surface area contributed by atoms with E-state index in [0.717, 1.165) is 11.3 Å². The Morgan fingerprint density at radius 3 is 2.83 bits per heavy atom. The number of anilines is 2. The Morgan fingerprint density at radius 2 is 2.06 bits per heavy atom. The lowest BCUT2D eigenvalue weighted by molar-refractivity contribution is -0.0418. The first-order valence-corrected chi connectivity index (χ1v) is 11.8. The third-order valence-corrected chi connectivity index (χ3v) is 6.93. The van der Waals surface area contributed by atoms with Crippen LogP contribution in [0, 0.1) is 5.82 Å². The van der Waals surface area contributed by atoms with Crippen molar-refractivity contribution in [3.63, 3.8) is 0 Å². The van der Waals surface area contributed by atoms with Crippen molar-refractivity contribution in [3.8, 4) is 5.69 Å². The van der Waals surface area contributed by atoms with Crippen LogP contribution in [-0.4, -0.2) is 39.8 Å². The minimum absolute atomic E-state index is 0.0310. The molecule has 1 saturated heterocycles. The number of aromatic nitrogens is 2. The first-order valence-electron chi connectivity index (χ1n) is 11.4. The van der Waals surface area contributed by atoms with E-state index in [1.165, 1.54) is 23.2 Å². The van der Waals surface area contributed by atoms with Crippen molar-refractivity contribution < 1.29 is 18.7 Å². The number of ether oxygens (including phenoxy) is 1. The Bertz CT molecular complexity index is 1340. The molecule has 2 aliphatic rings. The number of carbonyl (C=O) groups is 2. The molecule has 2 aliphatic heterocycles. The van der Waals surface area contributed by atoms with Crippen molar-refractivity contribution in [2.45, 2.75) is 38.2 Å². The van der Waals surface area contributed by atoms with Crippen LogP contribution in [0.5, 0.6) is 0 Å². The molecule has 2 aromatic carbocycles. The lowest BCUT2D eigenvalue weighted by Crippen LogP contribution is -2.53. The summed E-state index contributed by atoms with van der Waals surface area (Å²) in [5, 5.41) is 6.83. The maximum Gasteiger partial charge on any atom is 0.412 e.